The van der Waals surface area contributed by atoms with E-state index < -0.39 is 6.10 Å². The zero-order chi connectivity index (χ0) is 20.2. The molecule has 0 amide bonds. The molecule has 1 fully saturated rings. The van der Waals surface area contributed by atoms with E-state index in [2.05, 4.69) is 36.9 Å². The molecule has 4 rings (SSSR count). The van der Waals surface area contributed by atoms with Crippen LogP contribution in [0.25, 0.3) is 0 Å². The summed E-state index contributed by atoms with van der Waals surface area (Å²) in [5.74, 6) is 2.91. The Kier molecular flexibility index (Phi) is 6.26. The molecule has 0 saturated carbocycles. The van der Waals surface area contributed by atoms with Gasteiger partial charge in [-0.05, 0) is 54.6 Å². The summed E-state index contributed by atoms with van der Waals surface area (Å²) >= 11 is 0. The van der Waals surface area contributed by atoms with Crippen LogP contribution < -0.4 is 14.2 Å². The van der Waals surface area contributed by atoms with Crippen molar-refractivity contribution in [3.05, 3.63) is 53.6 Å². The number of likely N-dealkylation sites (tertiary alicyclic amines) is 1. The Balaban J connectivity index is 1.37. The van der Waals surface area contributed by atoms with Crippen LogP contribution in [0.3, 0.4) is 0 Å². The zero-order valence-corrected chi connectivity index (χ0v) is 17.3. The third kappa shape index (κ3) is 4.68. The van der Waals surface area contributed by atoms with Gasteiger partial charge in [-0.25, -0.2) is 0 Å². The molecule has 1 saturated heterocycles. The number of hydrogen-bond acceptors (Lipinski definition) is 5. The molecule has 0 aliphatic carbocycles. The summed E-state index contributed by atoms with van der Waals surface area (Å²) in [6, 6.07) is 14.6. The van der Waals surface area contributed by atoms with E-state index in [1.54, 1.807) is 0 Å². The average molecular weight is 398 g/mol. The zero-order valence-electron chi connectivity index (χ0n) is 17.3. The van der Waals surface area contributed by atoms with E-state index >= 15 is 0 Å². The molecule has 29 heavy (non-hydrogen) atoms. The lowest BCUT2D eigenvalue weighted by molar-refractivity contribution is 0.0633. The largest absolute Gasteiger partial charge is 0.491 e. The predicted octanol–water partition coefficient (Wildman–Crippen LogP) is 4.16. The van der Waals surface area contributed by atoms with E-state index in [1.165, 1.54) is 11.1 Å². The van der Waals surface area contributed by atoms with Crippen molar-refractivity contribution in [2.24, 2.45) is 0 Å². The first-order valence-corrected chi connectivity index (χ1v) is 10.6. The Morgan fingerprint density at radius 3 is 2.72 bits per heavy atom. The van der Waals surface area contributed by atoms with E-state index in [9.17, 15) is 5.11 Å². The Morgan fingerprint density at radius 1 is 1.10 bits per heavy atom. The van der Waals surface area contributed by atoms with E-state index in [0.29, 0.717) is 38.3 Å². The normalized spacial score (nSPS) is 20.1. The number of ether oxygens (including phenoxy) is 3. The van der Waals surface area contributed by atoms with Gasteiger partial charge in [-0.15, -0.1) is 0 Å². The van der Waals surface area contributed by atoms with Gasteiger partial charge in [0.2, 0.25) is 0 Å². The molecule has 156 valence electrons. The lowest BCUT2D eigenvalue weighted by Gasteiger charge is -2.28. The highest BCUT2D eigenvalue weighted by Gasteiger charge is 2.29. The molecule has 1 N–H and O–H groups in total. The van der Waals surface area contributed by atoms with Crippen LogP contribution >= 0.6 is 0 Å². The topological polar surface area (TPSA) is 51.2 Å². The number of para-hydroxylation sites is 1. The third-order valence-electron chi connectivity index (χ3n) is 5.73. The van der Waals surface area contributed by atoms with Gasteiger partial charge >= 0.3 is 0 Å². The van der Waals surface area contributed by atoms with Gasteiger partial charge in [0.1, 0.15) is 31.7 Å². The molecule has 0 bridgehead atoms. The van der Waals surface area contributed by atoms with Crippen molar-refractivity contribution in [1.82, 2.24) is 4.90 Å². The Labute approximate surface area is 173 Å². The number of aliphatic hydroxyl groups is 1. The second-order valence-electron chi connectivity index (χ2n) is 8.21. The smallest absolute Gasteiger partial charge is 0.161 e. The van der Waals surface area contributed by atoms with Gasteiger partial charge in [-0.1, -0.05) is 38.1 Å². The number of fused-ring (bicyclic) bond motifs is 1. The highest BCUT2D eigenvalue weighted by atomic mass is 16.6. The van der Waals surface area contributed by atoms with Crippen molar-refractivity contribution in [1.29, 1.82) is 0 Å². The van der Waals surface area contributed by atoms with Gasteiger partial charge in [0.05, 0.1) is 0 Å². The minimum atomic E-state index is -0.534. The maximum absolute atomic E-state index is 10.6. The van der Waals surface area contributed by atoms with Gasteiger partial charge in [0.25, 0.3) is 0 Å². The third-order valence-corrected chi connectivity index (χ3v) is 5.73. The van der Waals surface area contributed by atoms with Crippen molar-refractivity contribution >= 4 is 0 Å². The summed E-state index contributed by atoms with van der Waals surface area (Å²) in [6.45, 7) is 7.39. The van der Waals surface area contributed by atoms with Crippen molar-refractivity contribution in [2.45, 2.75) is 44.8 Å². The van der Waals surface area contributed by atoms with Crippen LogP contribution in [0.15, 0.2) is 42.5 Å². The molecule has 2 aliphatic heterocycles. The van der Waals surface area contributed by atoms with Crippen LogP contribution in [-0.2, 0) is 0 Å². The van der Waals surface area contributed by atoms with Crippen LogP contribution in [0.4, 0.5) is 0 Å². The molecule has 2 heterocycles. The Bertz CT molecular complexity index is 822. The fraction of sp³-hybridized carbons (Fsp3) is 0.500. The first-order valence-electron chi connectivity index (χ1n) is 10.6. The highest BCUT2D eigenvalue weighted by molar-refractivity contribution is 5.45. The van der Waals surface area contributed by atoms with Crippen LogP contribution in [0, 0.1) is 0 Å². The van der Waals surface area contributed by atoms with E-state index in [4.69, 9.17) is 14.2 Å². The van der Waals surface area contributed by atoms with Gasteiger partial charge < -0.3 is 19.3 Å². The fourth-order valence-electron chi connectivity index (χ4n) is 4.29. The fourth-order valence-corrected chi connectivity index (χ4v) is 4.29. The molecular formula is C24H31NO4. The summed E-state index contributed by atoms with van der Waals surface area (Å²) in [4.78, 5) is 2.35. The second-order valence-corrected chi connectivity index (χ2v) is 8.21. The summed E-state index contributed by atoms with van der Waals surface area (Å²) in [6.07, 6.45) is 1.68. The molecule has 0 unspecified atom stereocenters. The maximum Gasteiger partial charge on any atom is 0.161 e. The summed E-state index contributed by atoms with van der Waals surface area (Å²) < 4.78 is 17.4. The van der Waals surface area contributed by atoms with Gasteiger partial charge in [-0.2, -0.15) is 0 Å². The lowest BCUT2D eigenvalue weighted by Crippen LogP contribution is -2.35. The molecular weight excluding hydrogens is 366 g/mol. The minimum absolute atomic E-state index is 0.295. The van der Waals surface area contributed by atoms with Crippen LogP contribution in [0.2, 0.25) is 0 Å². The van der Waals surface area contributed by atoms with Crippen molar-refractivity contribution in [2.75, 3.05) is 32.9 Å². The number of benzene rings is 2. The molecule has 2 atom stereocenters. The van der Waals surface area contributed by atoms with Crippen molar-refractivity contribution in [3.63, 3.8) is 0 Å². The average Bonchev–Trinajstić information content (AvgIpc) is 3.20. The Hall–Kier alpha value is -2.24. The SMILES string of the molecule is CC(C)c1ccccc1OC[C@@H](O)CN1CCC[C@H]1c1ccc2c(c1)OCCO2. The van der Waals surface area contributed by atoms with Crippen LogP contribution in [0.5, 0.6) is 17.2 Å². The van der Waals surface area contributed by atoms with Crippen molar-refractivity contribution < 1.29 is 19.3 Å². The first kappa shape index (κ1) is 20.0. The lowest BCUT2D eigenvalue weighted by atomic mass is 10.0. The molecule has 0 radical (unpaired) electrons. The molecule has 2 aromatic rings. The van der Waals surface area contributed by atoms with E-state index in [-0.39, 0.29) is 0 Å². The number of nitrogens with zero attached hydrogens (tertiary/aromatic N) is 1. The number of β-amino-alcohol motifs (C(OH)–C–C–N with tert-alkyl or cyclic N) is 1. The van der Waals surface area contributed by atoms with Crippen molar-refractivity contribution in [3.8, 4) is 17.2 Å². The van der Waals surface area contributed by atoms with Crippen LogP contribution in [-0.4, -0.2) is 49.0 Å². The number of aliphatic hydroxyl groups excluding tert-OH is 1. The highest BCUT2D eigenvalue weighted by Crippen LogP contribution is 2.38. The second kappa shape index (κ2) is 9.06. The Morgan fingerprint density at radius 2 is 1.90 bits per heavy atom. The molecule has 5 heteroatoms. The molecule has 5 nitrogen and oxygen atoms in total. The maximum atomic E-state index is 10.6. The van der Waals surface area contributed by atoms with Gasteiger partial charge in [-0.3, -0.25) is 4.90 Å². The predicted molar refractivity (Wildman–Crippen MR) is 113 cm³/mol. The molecule has 0 aromatic heterocycles. The quantitative estimate of drug-likeness (QED) is 0.760. The molecule has 2 aromatic carbocycles. The number of rotatable bonds is 7. The van der Waals surface area contributed by atoms with Gasteiger partial charge in [0, 0.05) is 12.6 Å². The minimum Gasteiger partial charge on any atom is -0.491 e. The first-order chi connectivity index (χ1) is 14.1. The van der Waals surface area contributed by atoms with Gasteiger partial charge in [0.15, 0.2) is 11.5 Å². The van der Waals surface area contributed by atoms with E-state index in [1.807, 2.05) is 24.3 Å². The summed E-state index contributed by atoms with van der Waals surface area (Å²) in [5, 5.41) is 10.6. The molecule has 0 spiro atoms. The summed E-state index contributed by atoms with van der Waals surface area (Å²) in [7, 11) is 0. The molecule has 2 aliphatic rings. The van der Waals surface area contributed by atoms with E-state index in [0.717, 1.165) is 36.6 Å². The summed E-state index contributed by atoms with van der Waals surface area (Å²) in [5.41, 5.74) is 2.40. The number of hydrogen-bond donors (Lipinski definition) is 1. The standard InChI is InChI=1S/C24H31NO4/c1-17(2)20-6-3-4-8-22(20)29-16-19(26)15-25-11-5-7-21(25)18-9-10-23-24(14-18)28-13-12-27-23/h3-4,6,8-10,14,17,19,21,26H,5,7,11-13,15-16H2,1-2H3/t19-,21-/m0/s1. The monoisotopic (exact) mass is 397 g/mol. The van der Waals surface area contributed by atoms with Crippen LogP contribution in [0.1, 0.15) is 49.8 Å².